The van der Waals surface area contributed by atoms with Crippen molar-refractivity contribution in [2.24, 2.45) is 0 Å². The fourth-order valence-electron chi connectivity index (χ4n) is 6.90. The summed E-state index contributed by atoms with van der Waals surface area (Å²) in [4.78, 5) is 40.6. The lowest BCUT2D eigenvalue weighted by molar-refractivity contribution is -0.156. The maximum absolute atomic E-state index is 14.7. The fraction of sp³-hybridized carbons (Fsp3) is 0.283. The lowest BCUT2D eigenvalue weighted by atomic mass is 9.79. The molecule has 5 rings (SSSR count). The molecule has 2 amide bonds. The third kappa shape index (κ3) is 9.94. The van der Waals surface area contributed by atoms with E-state index in [9.17, 15) is 14.4 Å². The Hall–Kier alpha value is -5.60. The Morgan fingerprint density at radius 1 is 0.818 bits per heavy atom. The van der Waals surface area contributed by atoms with E-state index in [1.165, 1.54) is 0 Å². The SMILES string of the molecule is C=CC=C(C=CC)C(OC(=O)C(CCCCNC(=O)OC(C)(C)C)NC(=O)OCC1c2ccccc2-c2ccccc21)(c1ccccc1)c1ccccc1Cl. The second-order valence-electron chi connectivity index (χ2n) is 14.3. The Kier molecular flexibility index (Phi) is 13.7. The van der Waals surface area contributed by atoms with E-state index in [4.69, 9.17) is 25.8 Å². The van der Waals surface area contributed by atoms with Gasteiger partial charge in [-0.05, 0) is 75.3 Å². The minimum atomic E-state index is -1.53. The number of benzene rings is 4. The molecule has 0 saturated heterocycles. The van der Waals surface area contributed by atoms with E-state index in [2.05, 4.69) is 29.3 Å². The molecule has 0 radical (unpaired) electrons. The molecule has 0 aliphatic heterocycles. The number of amides is 2. The smallest absolute Gasteiger partial charge is 0.407 e. The number of rotatable bonds is 15. The van der Waals surface area contributed by atoms with Crippen LogP contribution in [0.2, 0.25) is 5.02 Å². The Morgan fingerprint density at radius 3 is 2.05 bits per heavy atom. The van der Waals surface area contributed by atoms with Crippen LogP contribution >= 0.6 is 11.6 Å². The number of hydrogen-bond acceptors (Lipinski definition) is 6. The van der Waals surface area contributed by atoms with Crippen molar-refractivity contribution in [1.82, 2.24) is 10.6 Å². The minimum Gasteiger partial charge on any atom is -0.449 e. The van der Waals surface area contributed by atoms with Gasteiger partial charge in [-0.3, -0.25) is 0 Å². The van der Waals surface area contributed by atoms with Crippen molar-refractivity contribution >= 4 is 29.8 Å². The number of alkyl carbamates (subject to hydrolysis) is 2. The molecule has 0 heterocycles. The van der Waals surface area contributed by atoms with Crippen molar-refractivity contribution in [3.8, 4) is 11.1 Å². The molecule has 0 saturated carbocycles. The summed E-state index contributed by atoms with van der Waals surface area (Å²) in [5, 5.41) is 5.96. The van der Waals surface area contributed by atoms with E-state index in [1.807, 2.05) is 104 Å². The molecule has 55 heavy (non-hydrogen) atoms. The largest absolute Gasteiger partial charge is 0.449 e. The number of ether oxygens (including phenoxy) is 3. The van der Waals surface area contributed by atoms with E-state index < -0.39 is 35.4 Å². The van der Waals surface area contributed by atoms with Gasteiger partial charge in [-0.25, -0.2) is 14.4 Å². The first kappa shape index (κ1) is 40.6. The van der Waals surface area contributed by atoms with E-state index in [-0.39, 0.29) is 18.9 Å². The van der Waals surface area contributed by atoms with Gasteiger partial charge in [0.2, 0.25) is 0 Å². The summed E-state index contributed by atoms with van der Waals surface area (Å²) in [7, 11) is 0. The lowest BCUT2D eigenvalue weighted by Crippen LogP contribution is -2.46. The number of esters is 1. The van der Waals surface area contributed by atoms with E-state index in [1.54, 1.807) is 39.0 Å². The van der Waals surface area contributed by atoms with Crippen LogP contribution in [0.1, 0.15) is 75.1 Å². The molecule has 0 spiro atoms. The third-order valence-electron chi connectivity index (χ3n) is 9.25. The van der Waals surface area contributed by atoms with Gasteiger partial charge in [0.05, 0.1) is 0 Å². The number of carbonyl (C=O) groups is 3. The second kappa shape index (κ2) is 18.6. The molecule has 0 fully saturated rings. The van der Waals surface area contributed by atoms with Crippen molar-refractivity contribution in [2.75, 3.05) is 13.2 Å². The van der Waals surface area contributed by atoms with Gasteiger partial charge in [0.1, 0.15) is 18.2 Å². The number of hydrogen-bond donors (Lipinski definition) is 2. The quantitative estimate of drug-likeness (QED) is 0.0541. The molecule has 8 nitrogen and oxygen atoms in total. The maximum Gasteiger partial charge on any atom is 0.407 e. The standard InChI is InChI=1S/C46H49ClN2O6/c1-6-19-32(20-7-2)46(33-21-9-8-10-22-33,39-27-15-16-28-40(39)47)54-42(50)41(29-17-18-30-48-43(51)55-45(3,4)5)49-44(52)53-31-38-36-25-13-11-23-34(36)35-24-12-14-26-37(35)38/h6-16,19-28,38,41H,1,17-18,29-31H2,2-5H3,(H,48,51)(H,49,52). The molecule has 1 aliphatic carbocycles. The van der Waals surface area contributed by atoms with Gasteiger partial charge >= 0.3 is 18.2 Å². The average Bonchev–Trinajstić information content (AvgIpc) is 3.49. The van der Waals surface area contributed by atoms with Crippen LogP contribution in [-0.4, -0.2) is 43.0 Å². The van der Waals surface area contributed by atoms with Gasteiger partial charge in [-0.1, -0.05) is 140 Å². The van der Waals surface area contributed by atoms with Crippen LogP contribution in [-0.2, 0) is 24.6 Å². The number of carbonyl (C=O) groups excluding carboxylic acids is 3. The summed E-state index contributed by atoms with van der Waals surface area (Å²) in [5.41, 5.74) is 3.96. The Labute approximate surface area is 329 Å². The van der Waals surface area contributed by atoms with Crippen molar-refractivity contribution < 1.29 is 28.6 Å². The summed E-state index contributed by atoms with van der Waals surface area (Å²) in [6, 6.07) is 31.6. The maximum atomic E-state index is 14.7. The molecule has 2 unspecified atom stereocenters. The predicted octanol–water partition coefficient (Wildman–Crippen LogP) is 10.4. The molecule has 2 atom stereocenters. The third-order valence-corrected chi connectivity index (χ3v) is 9.57. The number of fused-ring (bicyclic) bond motifs is 3. The summed E-state index contributed by atoms with van der Waals surface area (Å²) in [6.45, 7) is 11.6. The molecular formula is C46H49ClN2O6. The molecule has 4 aromatic carbocycles. The monoisotopic (exact) mass is 760 g/mol. The molecular weight excluding hydrogens is 712 g/mol. The van der Waals surface area contributed by atoms with Gasteiger partial charge in [0.15, 0.2) is 5.60 Å². The Bertz CT molecular complexity index is 1990. The topological polar surface area (TPSA) is 103 Å². The van der Waals surface area contributed by atoms with E-state index in [0.29, 0.717) is 41.1 Å². The predicted molar refractivity (Wildman–Crippen MR) is 218 cm³/mol. The lowest BCUT2D eigenvalue weighted by Gasteiger charge is -2.37. The van der Waals surface area contributed by atoms with Crippen molar-refractivity contribution in [2.45, 2.75) is 70.1 Å². The number of allylic oxidation sites excluding steroid dienone is 3. The first-order chi connectivity index (χ1) is 26.5. The first-order valence-electron chi connectivity index (χ1n) is 18.6. The molecule has 1 aliphatic rings. The molecule has 2 N–H and O–H groups in total. The highest BCUT2D eigenvalue weighted by Gasteiger charge is 2.44. The molecule has 286 valence electrons. The normalized spacial score (nSPS) is 14.2. The molecule has 0 bridgehead atoms. The van der Waals surface area contributed by atoms with Crippen LogP contribution in [0.15, 0.2) is 140 Å². The van der Waals surface area contributed by atoms with Gasteiger partial charge in [0, 0.05) is 34.2 Å². The highest BCUT2D eigenvalue weighted by atomic mass is 35.5. The summed E-state index contributed by atoms with van der Waals surface area (Å²) in [5.74, 6) is -0.863. The Balaban J connectivity index is 1.43. The van der Waals surface area contributed by atoms with Gasteiger partial charge in [0.25, 0.3) is 0 Å². The second-order valence-corrected chi connectivity index (χ2v) is 14.7. The zero-order valence-electron chi connectivity index (χ0n) is 31.8. The zero-order valence-corrected chi connectivity index (χ0v) is 32.6. The zero-order chi connectivity index (χ0) is 39.4. The highest BCUT2D eigenvalue weighted by molar-refractivity contribution is 6.31. The number of unbranched alkanes of at least 4 members (excludes halogenated alkanes) is 1. The van der Waals surface area contributed by atoms with Crippen molar-refractivity contribution in [3.05, 3.63) is 167 Å². The van der Waals surface area contributed by atoms with Crippen LogP contribution in [0.4, 0.5) is 9.59 Å². The van der Waals surface area contributed by atoms with Gasteiger partial charge in [-0.2, -0.15) is 0 Å². The van der Waals surface area contributed by atoms with Crippen LogP contribution in [0.5, 0.6) is 0 Å². The van der Waals surface area contributed by atoms with Crippen LogP contribution in [0.3, 0.4) is 0 Å². The van der Waals surface area contributed by atoms with Crippen LogP contribution in [0, 0.1) is 0 Å². The van der Waals surface area contributed by atoms with Gasteiger partial charge < -0.3 is 24.8 Å². The first-order valence-corrected chi connectivity index (χ1v) is 18.9. The summed E-state index contributed by atoms with van der Waals surface area (Å²) < 4.78 is 17.9. The van der Waals surface area contributed by atoms with E-state index in [0.717, 1.165) is 22.3 Å². The average molecular weight is 761 g/mol. The van der Waals surface area contributed by atoms with Crippen molar-refractivity contribution in [3.63, 3.8) is 0 Å². The van der Waals surface area contributed by atoms with Crippen molar-refractivity contribution in [1.29, 1.82) is 0 Å². The molecule has 0 aromatic heterocycles. The fourth-order valence-corrected chi connectivity index (χ4v) is 7.17. The Morgan fingerprint density at radius 2 is 1.44 bits per heavy atom. The number of halogens is 1. The molecule has 4 aromatic rings. The minimum absolute atomic E-state index is 0.0720. The molecule has 9 heteroatoms. The van der Waals surface area contributed by atoms with E-state index >= 15 is 0 Å². The summed E-state index contributed by atoms with van der Waals surface area (Å²) in [6.07, 6.45) is 6.96. The van der Waals surface area contributed by atoms with Gasteiger partial charge in [-0.15, -0.1) is 0 Å². The van der Waals surface area contributed by atoms with Crippen LogP contribution in [0.25, 0.3) is 11.1 Å². The summed E-state index contributed by atoms with van der Waals surface area (Å²) >= 11 is 6.91. The number of nitrogens with one attached hydrogen (secondary N) is 2. The highest BCUT2D eigenvalue weighted by Crippen LogP contribution is 2.46. The van der Waals surface area contributed by atoms with Crippen LogP contribution < -0.4 is 10.6 Å².